The molecule has 0 saturated carbocycles. The van der Waals surface area contributed by atoms with E-state index in [2.05, 4.69) is 10.3 Å². The van der Waals surface area contributed by atoms with Gasteiger partial charge in [0.15, 0.2) is 11.5 Å². The highest BCUT2D eigenvalue weighted by molar-refractivity contribution is 5.46. The van der Waals surface area contributed by atoms with Crippen LogP contribution in [-0.2, 0) is 0 Å². The van der Waals surface area contributed by atoms with E-state index in [0.29, 0.717) is 23.1 Å². The van der Waals surface area contributed by atoms with Crippen molar-refractivity contribution < 1.29 is 24.2 Å². The van der Waals surface area contributed by atoms with Crippen LogP contribution < -0.4 is 19.5 Å². The summed E-state index contributed by atoms with van der Waals surface area (Å²) in [6, 6.07) is 7.98. The monoisotopic (exact) mass is 333 g/mol. The first-order chi connectivity index (χ1) is 11.6. The topological polar surface area (TPSA) is 116 Å². The molecule has 1 aliphatic rings. The third-order valence-corrected chi connectivity index (χ3v) is 3.26. The summed E-state index contributed by atoms with van der Waals surface area (Å²) in [5.74, 6) is 2.26. The summed E-state index contributed by atoms with van der Waals surface area (Å²) in [6.45, 7) is 0.447. The number of nitro groups is 1. The van der Waals surface area contributed by atoms with Crippen LogP contribution in [0.15, 0.2) is 36.5 Å². The molecule has 0 radical (unpaired) electrons. The zero-order valence-corrected chi connectivity index (χ0v) is 12.5. The number of pyridine rings is 1. The molecule has 126 valence electrons. The number of aromatic nitrogens is 1. The Hall–Kier alpha value is -3.07. The van der Waals surface area contributed by atoms with E-state index in [1.165, 1.54) is 12.1 Å². The number of anilines is 1. The van der Waals surface area contributed by atoms with Crippen LogP contribution in [0.4, 0.5) is 11.5 Å². The Balaban J connectivity index is 1.45. The average Bonchev–Trinajstić information content (AvgIpc) is 3.06. The van der Waals surface area contributed by atoms with Crippen molar-refractivity contribution in [2.45, 2.75) is 6.10 Å². The Bertz CT molecular complexity index is 722. The predicted octanol–water partition coefficient (Wildman–Crippen LogP) is 1.57. The largest absolute Gasteiger partial charge is 0.491 e. The van der Waals surface area contributed by atoms with Gasteiger partial charge >= 0.3 is 0 Å². The van der Waals surface area contributed by atoms with Crippen LogP contribution in [0.1, 0.15) is 0 Å². The highest BCUT2D eigenvalue weighted by Crippen LogP contribution is 2.35. The zero-order chi connectivity index (χ0) is 16.9. The van der Waals surface area contributed by atoms with Gasteiger partial charge in [-0.05, 0) is 18.2 Å². The lowest BCUT2D eigenvalue weighted by Gasteiger charge is -2.13. The zero-order valence-electron chi connectivity index (χ0n) is 12.5. The maximum absolute atomic E-state index is 10.5. The smallest absolute Gasteiger partial charge is 0.287 e. The maximum atomic E-state index is 10.5. The summed E-state index contributed by atoms with van der Waals surface area (Å²) in [6.07, 6.45) is 0.366. The number of hydrogen-bond donors (Lipinski definition) is 2. The molecule has 3 rings (SSSR count). The number of rotatable bonds is 7. The highest BCUT2D eigenvalue weighted by Gasteiger charge is 2.14. The van der Waals surface area contributed by atoms with Gasteiger partial charge in [-0.3, -0.25) is 10.1 Å². The molecular formula is C15H15N3O6. The van der Waals surface area contributed by atoms with Gasteiger partial charge in [0.05, 0.1) is 4.92 Å². The van der Waals surface area contributed by atoms with Crippen molar-refractivity contribution in [3.8, 4) is 17.2 Å². The number of fused-ring (bicyclic) bond motifs is 1. The molecule has 0 amide bonds. The fourth-order valence-electron chi connectivity index (χ4n) is 2.04. The van der Waals surface area contributed by atoms with Crippen molar-refractivity contribution in [3.63, 3.8) is 0 Å². The van der Waals surface area contributed by atoms with E-state index in [0.717, 1.165) is 6.20 Å². The van der Waals surface area contributed by atoms with E-state index in [1.807, 2.05) is 0 Å². The van der Waals surface area contributed by atoms with Gasteiger partial charge in [-0.15, -0.1) is 0 Å². The first-order valence-electron chi connectivity index (χ1n) is 7.16. The highest BCUT2D eigenvalue weighted by atomic mass is 16.7. The molecule has 2 N–H and O–H groups in total. The van der Waals surface area contributed by atoms with Gasteiger partial charge in [0.25, 0.3) is 5.69 Å². The first-order valence-corrected chi connectivity index (χ1v) is 7.16. The van der Waals surface area contributed by atoms with Crippen LogP contribution in [0, 0.1) is 10.1 Å². The number of hydrogen-bond acceptors (Lipinski definition) is 8. The molecule has 1 aromatic carbocycles. The summed E-state index contributed by atoms with van der Waals surface area (Å²) in [7, 11) is 0. The molecular weight excluding hydrogens is 318 g/mol. The SMILES string of the molecule is O=[N+]([O-])c1ccc(NC[C@H](O)COc2ccc3c(c2)OCO3)nc1. The Morgan fingerprint density at radius 2 is 2.17 bits per heavy atom. The standard InChI is InChI=1S/C15H15N3O6/c19-11(7-17-15-4-1-10(6-16-15)18(20)21)8-22-12-2-3-13-14(5-12)24-9-23-13/h1-6,11,19H,7-9H2,(H,16,17)/t11-/m0/s1. The maximum Gasteiger partial charge on any atom is 0.287 e. The molecule has 0 spiro atoms. The van der Waals surface area contributed by atoms with Gasteiger partial charge in [-0.1, -0.05) is 0 Å². The lowest BCUT2D eigenvalue weighted by molar-refractivity contribution is -0.385. The van der Waals surface area contributed by atoms with Crippen LogP contribution in [0.2, 0.25) is 0 Å². The van der Waals surface area contributed by atoms with Crippen LogP contribution in [0.5, 0.6) is 17.2 Å². The van der Waals surface area contributed by atoms with E-state index in [9.17, 15) is 15.2 Å². The van der Waals surface area contributed by atoms with Crippen LogP contribution in [0.3, 0.4) is 0 Å². The summed E-state index contributed by atoms with van der Waals surface area (Å²) >= 11 is 0. The average molecular weight is 333 g/mol. The minimum atomic E-state index is -0.785. The van der Waals surface area contributed by atoms with Crippen molar-refractivity contribution in [3.05, 3.63) is 46.6 Å². The van der Waals surface area contributed by atoms with Crippen molar-refractivity contribution in [1.29, 1.82) is 0 Å². The predicted molar refractivity (Wildman–Crippen MR) is 83.4 cm³/mol. The number of aliphatic hydroxyl groups is 1. The molecule has 9 heteroatoms. The molecule has 1 aliphatic heterocycles. The third kappa shape index (κ3) is 3.82. The molecule has 0 unspecified atom stereocenters. The van der Waals surface area contributed by atoms with Crippen LogP contribution in [0.25, 0.3) is 0 Å². The van der Waals surface area contributed by atoms with Crippen LogP contribution >= 0.6 is 0 Å². The molecule has 1 atom stereocenters. The Morgan fingerprint density at radius 3 is 2.92 bits per heavy atom. The van der Waals surface area contributed by atoms with Gasteiger partial charge in [0.1, 0.15) is 30.5 Å². The van der Waals surface area contributed by atoms with E-state index >= 15 is 0 Å². The number of nitrogens with one attached hydrogen (secondary N) is 1. The molecule has 24 heavy (non-hydrogen) atoms. The molecule has 0 aliphatic carbocycles. The second-order valence-electron chi connectivity index (χ2n) is 5.02. The Morgan fingerprint density at radius 1 is 1.33 bits per heavy atom. The van der Waals surface area contributed by atoms with Crippen molar-refractivity contribution in [2.24, 2.45) is 0 Å². The molecule has 0 bridgehead atoms. The first kappa shape index (κ1) is 15.8. The van der Waals surface area contributed by atoms with Crippen molar-refractivity contribution >= 4 is 11.5 Å². The van der Waals surface area contributed by atoms with Gasteiger partial charge in [0, 0.05) is 18.7 Å². The molecule has 2 heterocycles. The second kappa shape index (κ2) is 7.01. The summed E-state index contributed by atoms with van der Waals surface area (Å²) in [5, 5.41) is 23.3. The second-order valence-corrected chi connectivity index (χ2v) is 5.02. The number of nitrogens with zero attached hydrogens (tertiary/aromatic N) is 2. The van der Waals surface area contributed by atoms with E-state index in [4.69, 9.17) is 14.2 Å². The summed E-state index contributed by atoms with van der Waals surface area (Å²) in [4.78, 5) is 13.9. The summed E-state index contributed by atoms with van der Waals surface area (Å²) < 4.78 is 15.9. The molecule has 9 nitrogen and oxygen atoms in total. The lowest BCUT2D eigenvalue weighted by Crippen LogP contribution is -2.26. The van der Waals surface area contributed by atoms with Crippen LogP contribution in [-0.4, -0.2) is 41.1 Å². The quantitative estimate of drug-likeness (QED) is 0.579. The van der Waals surface area contributed by atoms with Crippen molar-refractivity contribution in [2.75, 3.05) is 25.3 Å². The normalized spacial score (nSPS) is 13.4. The van der Waals surface area contributed by atoms with E-state index < -0.39 is 11.0 Å². The van der Waals surface area contributed by atoms with E-state index in [-0.39, 0.29) is 25.6 Å². The number of benzene rings is 1. The number of ether oxygens (including phenoxy) is 3. The molecule has 0 fully saturated rings. The third-order valence-electron chi connectivity index (χ3n) is 3.26. The molecule has 0 saturated heterocycles. The molecule has 1 aromatic heterocycles. The number of aliphatic hydroxyl groups excluding tert-OH is 1. The van der Waals surface area contributed by atoms with Gasteiger partial charge in [-0.2, -0.15) is 0 Å². The van der Waals surface area contributed by atoms with Gasteiger partial charge in [0.2, 0.25) is 6.79 Å². The fourth-order valence-corrected chi connectivity index (χ4v) is 2.04. The van der Waals surface area contributed by atoms with Gasteiger partial charge in [-0.25, -0.2) is 4.98 Å². The van der Waals surface area contributed by atoms with E-state index in [1.54, 1.807) is 18.2 Å². The lowest BCUT2D eigenvalue weighted by atomic mass is 10.3. The minimum absolute atomic E-state index is 0.0691. The Kier molecular flexibility index (Phi) is 4.62. The minimum Gasteiger partial charge on any atom is -0.491 e. The Labute approximate surface area is 136 Å². The summed E-state index contributed by atoms with van der Waals surface area (Å²) in [5.41, 5.74) is -0.0905. The molecule has 2 aromatic rings. The van der Waals surface area contributed by atoms with Crippen molar-refractivity contribution in [1.82, 2.24) is 4.98 Å². The fraction of sp³-hybridized carbons (Fsp3) is 0.267. The van der Waals surface area contributed by atoms with Gasteiger partial charge < -0.3 is 24.6 Å².